The molecule has 0 aromatic carbocycles. The van der Waals surface area contributed by atoms with Crippen molar-refractivity contribution in [3.05, 3.63) is 33.9 Å². The second-order valence-electron chi connectivity index (χ2n) is 5.21. The maximum Gasteiger partial charge on any atom is 0.354 e. The van der Waals surface area contributed by atoms with Crippen LogP contribution in [0.1, 0.15) is 54.2 Å². The third-order valence-corrected chi connectivity index (χ3v) is 3.90. The van der Waals surface area contributed by atoms with Crippen LogP contribution in [0.3, 0.4) is 0 Å². The maximum absolute atomic E-state index is 12.0. The zero-order valence-corrected chi connectivity index (χ0v) is 11.4. The molecule has 3 rings (SSSR count). The third-order valence-electron chi connectivity index (χ3n) is 3.90. The molecule has 0 saturated heterocycles. The minimum absolute atomic E-state index is 0.153. The minimum atomic E-state index is -0.551. The van der Waals surface area contributed by atoms with Crippen molar-refractivity contribution < 1.29 is 9.53 Å². The fourth-order valence-electron chi connectivity index (χ4n) is 2.83. The number of aromatic amines is 1. The number of methoxy groups -OCH3 is 1. The summed E-state index contributed by atoms with van der Waals surface area (Å²) in [6.07, 6.45) is 5.92. The van der Waals surface area contributed by atoms with Gasteiger partial charge in [0.2, 0.25) is 0 Å². The number of nitrogens with zero attached hydrogens (tertiary/aromatic N) is 2. The molecule has 0 aliphatic heterocycles. The van der Waals surface area contributed by atoms with E-state index in [1.165, 1.54) is 37.0 Å². The van der Waals surface area contributed by atoms with E-state index in [1.807, 2.05) is 6.07 Å². The Hall–Kier alpha value is -2.11. The first-order valence-electron chi connectivity index (χ1n) is 6.90. The standard InChI is InChI=1S/C14H17N3O3/c1-20-14(19)11-8-13(18)17-12(15-11)7-10(16-17)9-5-3-2-4-6-9/h7-9,15H,2-6H2,1H3. The van der Waals surface area contributed by atoms with Gasteiger partial charge in [-0.3, -0.25) is 4.79 Å². The highest BCUT2D eigenvalue weighted by atomic mass is 16.5. The second kappa shape index (κ2) is 5.11. The number of esters is 1. The molecular formula is C14H17N3O3. The Kier molecular flexibility index (Phi) is 3.30. The van der Waals surface area contributed by atoms with Crippen LogP contribution < -0.4 is 5.56 Å². The van der Waals surface area contributed by atoms with E-state index >= 15 is 0 Å². The van der Waals surface area contributed by atoms with Crippen LogP contribution in [0.2, 0.25) is 0 Å². The van der Waals surface area contributed by atoms with Crippen LogP contribution in [0.4, 0.5) is 0 Å². The van der Waals surface area contributed by atoms with Crippen LogP contribution in [0.15, 0.2) is 16.9 Å². The van der Waals surface area contributed by atoms with Crippen molar-refractivity contribution >= 4 is 11.6 Å². The summed E-state index contributed by atoms with van der Waals surface area (Å²) in [6, 6.07) is 3.08. The van der Waals surface area contributed by atoms with E-state index < -0.39 is 5.97 Å². The molecule has 2 aromatic heterocycles. The van der Waals surface area contributed by atoms with Gasteiger partial charge in [-0.25, -0.2) is 4.79 Å². The van der Waals surface area contributed by atoms with Gasteiger partial charge < -0.3 is 9.72 Å². The van der Waals surface area contributed by atoms with E-state index in [2.05, 4.69) is 14.8 Å². The quantitative estimate of drug-likeness (QED) is 0.849. The maximum atomic E-state index is 12.0. The van der Waals surface area contributed by atoms with Crippen molar-refractivity contribution in [2.24, 2.45) is 0 Å². The molecule has 0 unspecified atom stereocenters. The number of H-pyrrole nitrogens is 1. The van der Waals surface area contributed by atoms with Gasteiger partial charge >= 0.3 is 5.97 Å². The van der Waals surface area contributed by atoms with E-state index in [-0.39, 0.29) is 11.3 Å². The van der Waals surface area contributed by atoms with Gasteiger partial charge in [0.15, 0.2) is 0 Å². The second-order valence-corrected chi connectivity index (χ2v) is 5.21. The largest absolute Gasteiger partial charge is 0.464 e. The van der Waals surface area contributed by atoms with E-state index in [0.717, 1.165) is 18.5 Å². The summed E-state index contributed by atoms with van der Waals surface area (Å²) in [5.74, 6) is -0.136. The van der Waals surface area contributed by atoms with Gasteiger partial charge in [-0.2, -0.15) is 9.61 Å². The minimum Gasteiger partial charge on any atom is -0.464 e. The molecule has 1 aliphatic rings. The van der Waals surface area contributed by atoms with Crippen LogP contribution >= 0.6 is 0 Å². The molecular weight excluding hydrogens is 258 g/mol. The number of rotatable bonds is 2. The van der Waals surface area contributed by atoms with Crippen LogP contribution in [0, 0.1) is 0 Å². The average Bonchev–Trinajstić information content (AvgIpc) is 2.92. The normalized spacial score (nSPS) is 16.4. The monoisotopic (exact) mass is 275 g/mol. The molecule has 1 N–H and O–H groups in total. The lowest BCUT2D eigenvalue weighted by Crippen LogP contribution is -2.18. The number of carbonyl (C=O) groups excluding carboxylic acids is 1. The molecule has 1 saturated carbocycles. The molecule has 6 nitrogen and oxygen atoms in total. The topological polar surface area (TPSA) is 76.5 Å². The Morgan fingerprint density at radius 2 is 2.10 bits per heavy atom. The van der Waals surface area contributed by atoms with Gasteiger partial charge in [0, 0.05) is 18.1 Å². The first-order chi connectivity index (χ1) is 9.69. The fraction of sp³-hybridized carbons (Fsp3) is 0.500. The summed E-state index contributed by atoms with van der Waals surface area (Å²) >= 11 is 0. The number of hydrogen-bond acceptors (Lipinski definition) is 4. The van der Waals surface area contributed by atoms with Crippen LogP contribution in [0.5, 0.6) is 0 Å². The van der Waals surface area contributed by atoms with Crippen LogP contribution in [-0.4, -0.2) is 27.7 Å². The first kappa shape index (κ1) is 12.9. The highest BCUT2D eigenvalue weighted by Crippen LogP contribution is 2.31. The third kappa shape index (κ3) is 2.21. The Labute approximate surface area is 115 Å². The van der Waals surface area contributed by atoms with E-state index in [1.54, 1.807) is 0 Å². The summed E-state index contributed by atoms with van der Waals surface area (Å²) in [4.78, 5) is 26.4. The van der Waals surface area contributed by atoms with Gasteiger partial charge in [-0.05, 0) is 12.8 Å². The lowest BCUT2D eigenvalue weighted by molar-refractivity contribution is 0.0594. The number of aromatic nitrogens is 3. The summed E-state index contributed by atoms with van der Waals surface area (Å²) < 4.78 is 5.94. The van der Waals surface area contributed by atoms with Gasteiger partial charge in [0.25, 0.3) is 5.56 Å². The number of carbonyl (C=O) groups is 1. The Morgan fingerprint density at radius 3 is 2.80 bits per heavy atom. The van der Waals surface area contributed by atoms with Gasteiger partial charge in [0.1, 0.15) is 11.3 Å². The number of ether oxygens (including phenoxy) is 1. The van der Waals surface area contributed by atoms with Crippen molar-refractivity contribution in [3.8, 4) is 0 Å². The average molecular weight is 275 g/mol. The predicted molar refractivity (Wildman–Crippen MR) is 73.0 cm³/mol. The zero-order chi connectivity index (χ0) is 14.1. The van der Waals surface area contributed by atoms with Crippen LogP contribution in [-0.2, 0) is 4.74 Å². The molecule has 106 valence electrons. The Balaban J connectivity index is 2.04. The molecule has 2 heterocycles. The Morgan fingerprint density at radius 1 is 1.35 bits per heavy atom. The highest BCUT2D eigenvalue weighted by molar-refractivity contribution is 5.87. The fourth-order valence-corrected chi connectivity index (χ4v) is 2.83. The molecule has 2 aromatic rings. The van der Waals surface area contributed by atoms with E-state index in [4.69, 9.17) is 0 Å². The molecule has 20 heavy (non-hydrogen) atoms. The number of hydrogen-bond donors (Lipinski definition) is 1. The van der Waals surface area contributed by atoms with Crippen molar-refractivity contribution in [2.75, 3.05) is 7.11 Å². The molecule has 0 spiro atoms. The highest BCUT2D eigenvalue weighted by Gasteiger charge is 2.20. The summed E-state index contributed by atoms with van der Waals surface area (Å²) in [6.45, 7) is 0. The first-order valence-corrected chi connectivity index (χ1v) is 6.90. The SMILES string of the molecule is COC(=O)c1cc(=O)n2nc(C3CCCCC3)cc2[nH]1. The summed E-state index contributed by atoms with van der Waals surface area (Å²) in [5.41, 5.74) is 1.31. The molecule has 0 atom stereocenters. The number of nitrogens with one attached hydrogen (secondary N) is 1. The summed E-state index contributed by atoms with van der Waals surface area (Å²) in [5, 5.41) is 4.38. The van der Waals surface area contributed by atoms with Gasteiger partial charge in [-0.15, -0.1) is 0 Å². The Bertz CT molecular complexity index is 695. The zero-order valence-electron chi connectivity index (χ0n) is 11.4. The van der Waals surface area contributed by atoms with Crippen molar-refractivity contribution in [1.82, 2.24) is 14.6 Å². The smallest absolute Gasteiger partial charge is 0.354 e. The van der Waals surface area contributed by atoms with E-state index in [9.17, 15) is 9.59 Å². The lowest BCUT2D eigenvalue weighted by atomic mass is 9.87. The van der Waals surface area contributed by atoms with Crippen LogP contribution in [0.25, 0.3) is 5.65 Å². The van der Waals surface area contributed by atoms with Gasteiger partial charge in [0.05, 0.1) is 12.8 Å². The molecule has 1 aliphatic carbocycles. The van der Waals surface area contributed by atoms with Crippen molar-refractivity contribution in [3.63, 3.8) is 0 Å². The number of fused-ring (bicyclic) bond motifs is 1. The predicted octanol–water partition coefficient (Wildman–Crippen LogP) is 1.86. The molecule has 1 fully saturated rings. The van der Waals surface area contributed by atoms with Crippen molar-refractivity contribution in [1.29, 1.82) is 0 Å². The lowest BCUT2D eigenvalue weighted by Gasteiger charge is -2.18. The molecule has 6 heteroatoms. The van der Waals surface area contributed by atoms with Gasteiger partial charge in [-0.1, -0.05) is 19.3 Å². The van der Waals surface area contributed by atoms with Crippen molar-refractivity contribution in [2.45, 2.75) is 38.0 Å². The molecule has 0 bridgehead atoms. The molecule has 0 amide bonds. The van der Waals surface area contributed by atoms with E-state index in [0.29, 0.717) is 11.6 Å². The summed E-state index contributed by atoms with van der Waals surface area (Å²) in [7, 11) is 1.29. The molecule has 0 radical (unpaired) electrons.